The van der Waals surface area contributed by atoms with Crippen LogP contribution >= 0.6 is 0 Å². The van der Waals surface area contributed by atoms with Crippen LogP contribution in [0.2, 0.25) is 0 Å². The Morgan fingerprint density at radius 3 is 2.20 bits per heavy atom. The minimum atomic E-state index is -0.672. The molecule has 0 saturated carbocycles. The van der Waals surface area contributed by atoms with E-state index in [1.54, 1.807) is 0 Å². The third kappa shape index (κ3) is 5.35. The highest BCUT2D eigenvalue weighted by Gasteiger charge is 2.24. The summed E-state index contributed by atoms with van der Waals surface area (Å²) in [4.78, 5) is 28.5. The standard InChI is InChI=1S/C18H28N4O3/c1-13(2)16(17(23)25-4)20-18(24)19-14-5-7-15(8-6-14)22-11-9-21(3)10-12-22/h5-8,13,16H,9-12H2,1-4H3,(H2,19,20,24). The molecule has 7 nitrogen and oxygen atoms in total. The van der Waals surface area contributed by atoms with Crippen molar-refractivity contribution in [2.45, 2.75) is 19.9 Å². The zero-order chi connectivity index (χ0) is 18.4. The van der Waals surface area contributed by atoms with Crippen LogP contribution in [0.4, 0.5) is 16.2 Å². The molecule has 1 aromatic rings. The van der Waals surface area contributed by atoms with Crippen LogP contribution in [0.1, 0.15) is 13.8 Å². The molecule has 0 radical (unpaired) electrons. The lowest BCUT2D eigenvalue weighted by molar-refractivity contribution is -0.143. The summed E-state index contributed by atoms with van der Waals surface area (Å²) >= 11 is 0. The van der Waals surface area contributed by atoms with Crippen LogP contribution in [0.3, 0.4) is 0 Å². The fraction of sp³-hybridized carbons (Fsp3) is 0.556. The number of methoxy groups -OCH3 is 1. The number of nitrogens with one attached hydrogen (secondary N) is 2. The summed E-state index contributed by atoms with van der Waals surface area (Å²) in [5.41, 5.74) is 1.83. The lowest BCUT2D eigenvalue weighted by Crippen LogP contribution is -2.46. The molecule has 1 fully saturated rings. The number of piperazine rings is 1. The first-order valence-corrected chi connectivity index (χ1v) is 8.59. The van der Waals surface area contributed by atoms with E-state index < -0.39 is 18.0 Å². The van der Waals surface area contributed by atoms with Crippen molar-refractivity contribution < 1.29 is 14.3 Å². The summed E-state index contributed by atoms with van der Waals surface area (Å²) in [5, 5.41) is 5.42. The van der Waals surface area contributed by atoms with Crippen LogP contribution in [0.25, 0.3) is 0 Å². The number of rotatable bonds is 5. The minimum Gasteiger partial charge on any atom is -0.467 e. The van der Waals surface area contributed by atoms with Crippen LogP contribution in [-0.2, 0) is 9.53 Å². The Kier molecular flexibility index (Phi) is 6.64. The van der Waals surface area contributed by atoms with E-state index in [-0.39, 0.29) is 5.92 Å². The van der Waals surface area contributed by atoms with Gasteiger partial charge in [0.2, 0.25) is 0 Å². The fourth-order valence-electron chi connectivity index (χ4n) is 2.75. The predicted molar refractivity (Wildman–Crippen MR) is 98.9 cm³/mol. The van der Waals surface area contributed by atoms with Crippen molar-refractivity contribution in [3.8, 4) is 0 Å². The lowest BCUT2D eigenvalue weighted by atomic mass is 10.1. The van der Waals surface area contributed by atoms with Gasteiger partial charge in [-0.25, -0.2) is 9.59 Å². The monoisotopic (exact) mass is 348 g/mol. The van der Waals surface area contributed by atoms with Crippen molar-refractivity contribution >= 4 is 23.4 Å². The maximum atomic E-state index is 12.1. The van der Waals surface area contributed by atoms with E-state index in [0.717, 1.165) is 31.9 Å². The quantitative estimate of drug-likeness (QED) is 0.793. The number of esters is 1. The first-order valence-electron chi connectivity index (χ1n) is 8.59. The first kappa shape index (κ1) is 19.1. The first-order chi connectivity index (χ1) is 11.9. The third-order valence-corrected chi connectivity index (χ3v) is 4.40. The molecule has 1 atom stereocenters. The van der Waals surface area contributed by atoms with E-state index in [2.05, 4.69) is 27.5 Å². The van der Waals surface area contributed by atoms with Crippen molar-refractivity contribution in [3.63, 3.8) is 0 Å². The largest absolute Gasteiger partial charge is 0.467 e. The average molecular weight is 348 g/mol. The van der Waals surface area contributed by atoms with Gasteiger partial charge in [0.25, 0.3) is 0 Å². The molecule has 7 heteroatoms. The number of carbonyl (C=O) groups is 2. The maximum Gasteiger partial charge on any atom is 0.328 e. The van der Waals surface area contributed by atoms with Crippen molar-refractivity contribution in [2.24, 2.45) is 5.92 Å². The molecule has 1 aliphatic heterocycles. The highest BCUT2D eigenvalue weighted by molar-refractivity contribution is 5.92. The Labute approximate surface area is 149 Å². The molecule has 0 spiro atoms. The number of nitrogens with zero attached hydrogens (tertiary/aromatic N) is 2. The van der Waals surface area contributed by atoms with Crippen molar-refractivity contribution in [3.05, 3.63) is 24.3 Å². The molecule has 2 amide bonds. The number of anilines is 2. The number of carbonyl (C=O) groups excluding carboxylic acids is 2. The summed E-state index contributed by atoms with van der Waals surface area (Å²) in [6.07, 6.45) is 0. The van der Waals surface area contributed by atoms with Gasteiger partial charge in [-0.15, -0.1) is 0 Å². The van der Waals surface area contributed by atoms with E-state index >= 15 is 0 Å². The Morgan fingerprint density at radius 2 is 1.68 bits per heavy atom. The normalized spacial score (nSPS) is 16.4. The van der Waals surface area contributed by atoms with Crippen LogP contribution < -0.4 is 15.5 Å². The number of amides is 2. The molecule has 1 aromatic carbocycles. The smallest absolute Gasteiger partial charge is 0.328 e. The van der Waals surface area contributed by atoms with Gasteiger partial charge in [-0.05, 0) is 37.2 Å². The molecule has 0 bridgehead atoms. The maximum absolute atomic E-state index is 12.1. The number of likely N-dealkylation sites (N-methyl/N-ethyl adjacent to an activating group) is 1. The molecular formula is C18H28N4O3. The Hall–Kier alpha value is -2.28. The molecule has 25 heavy (non-hydrogen) atoms. The van der Waals surface area contributed by atoms with Crippen LogP contribution in [-0.4, -0.2) is 63.3 Å². The molecule has 1 heterocycles. The Morgan fingerprint density at radius 1 is 1.08 bits per heavy atom. The molecule has 1 unspecified atom stereocenters. The van der Waals surface area contributed by atoms with E-state index in [1.165, 1.54) is 7.11 Å². The Bertz CT molecular complexity index is 580. The van der Waals surface area contributed by atoms with Gasteiger partial charge in [0.15, 0.2) is 0 Å². The van der Waals surface area contributed by atoms with Gasteiger partial charge in [-0.1, -0.05) is 13.8 Å². The number of hydrogen-bond donors (Lipinski definition) is 2. The van der Waals surface area contributed by atoms with Crippen LogP contribution in [0.15, 0.2) is 24.3 Å². The SMILES string of the molecule is COC(=O)C(NC(=O)Nc1ccc(N2CCN(C)CC2)cc1)C(C)C. The zero-order valence-corrected chi connectivity index (χ0v) is 15.4. The summed E-state index contributed by atoms with van der Waals surface area (Å²) < 4.78 is 4.72. The second-order valence-electron chi connectivity index (χ2n) is 6.68. The van der Waals surface area contributed by atoms with Crippen LogP contribution in [0.5, 0.6) is 0 Å². The molecule has 138 valence electrons. The van der Waals surface area contributed by atoms with E-state index in [0.29, 0.717) is 5.69 Å². The third-order valence-electron chi connectivity index (χ3n) is 4.40. The van der Waals surface area contributed by atoms with Crippen molar-refractivity contribution in [1.82, 2.24) is 10.2 Å². The minimum absolute atomic E-state index is 0.0576. The fourth-order valence-corrected chi connectivity index (χ4v) is 2.75. The second-order valence-corrected chi connectivity index (χ2v) is 6.68. The molecule has 2 rings (SSSR count). The number of benzene rings is 1. The summed E-state index contributed by atoms with van der Waals surface area (Å²) in [6.45, 7) is 7.80. The number of urea groups is 1. The van der Waals surface area contributed by atoms with E-state index in [1.807, 2.05) is 38.1 Å². The van der Waals surface area contributed by atoms with Gasteiger partial charge in [0.1, 0.15) is 6.04 Å². The van der Waals surface area contributed by atoms with Gasteiger partial charge in [0.05, 0.1) is 7.11 Å². The highest BCUT2D eigenvalue weighted by Crippen LogP contribution is 2.19. The van der Waals surface area contributed by atoms with Gasteiger partial charge >= 0.3 is 12.0 Å². The van der Waals surface area contributed by atoms with Crippen molar-refractivity contribution in [2.75, 3.05) is 50.6 Å². The molecule has 1 aliphatic rings. The molecule has 0 aliphatic carbocycles. The van der Waals surface area contributed by atoms with Gasteiger partial charge < -0.3 is 25.2 Å². The number of hydrogen-bond acceptors (Lipinski definition) is 5. The summed E-state index contributed by atoms with van der Waals surface area (Å²) in [6, 6.07) is 6.65. The summed E-state index contributed by atoms with van der Waals surface area (Å²) in [7, 11) is 3.44. The Balaban J connectivity index is 1.91. The second kappa shape index (κ2) is 8.71. The lowest BCUT2D eigenvalue weighted by Gasteiger charge is -2.34. The molecule has 0 aromatic heterocycles. The number of ether oxygens (including phenoxy) is 1. The van der Waals surface area contributed by atoms with Crippen LogP contribution in [0, 0.1) is 5.92 Å². The van der Waals surface area contributed by atoms with E-state index in [9.17, 15) is 9.59 Å². The predicted octanol–water partition coefficient (Wildman–Crippen LogP) is 1.76. The molecule has 1 saturated heterocycles. The van der Waals surface area contributed by atoms with Crippen molar-refractivity contribution in [1.29, 1.82) is 0 Å². The molecular weight excluding hydrogens is 320 g/mol. The van der Waals surface area contributed by atoms with Gasteiger partial charge in [-0.3, -0.25) is 0 Å². The topological polar surface area (TPSA) is 73.9 Å². The highest BCUT2D eigenvalue weighted by atomic mass is 16.5. The zero-order valence-electron chi connectivity index (χ0n) is 15.4. The molecule has 2 N–H and O–H groups in total. The van der Waals surface area contributed by atoms with Gasteiger partial charge in [-0.2, -0.15) is 0 Å². The van der Waals surface area contributed by atoms with E-state index in [4.69, 9.17) is 4.74 Å². The summed E-state index contributed by atoms with van der Waals surface area (Å²) in [5.74, 6) is -0.506. The average Bonchev–Trinajstić information content (AvgIpc) is 2.60. The van der Waals surface area contributed by atoms with Gasteiger partial charge in [0, 0.05) is 37.6 Å².